The van der Waals surface area contributed by atoms with Crippen LogP contribution in [0.5, 0.6) is 0 Å². The largest absolute Gasteiger partial charge is 0.424 e. The summed E-state index contributed by atoms with van der Waals surface area (Å²) >= 11 is 2.14. The van der Waals surface area contributed by atoms with E-state index in [2.05, 4.69) is 68.8 Å². The Balaban J connectivity index is 1.60. The molecule has 36 heavy (non-hydrogen) atoms. The van der Waals surface area contributed by atoms with Crippen molar-refractivity contribution in [3.8, 4) is 11.1 Å². The Kier molecular flexibility index (Phi) is 5.76. The van der Waals surface area contributed by atoms with Gasteiger partial charge in [-0.3, -0.25) is 4.90 Å². The summed E-state index contributed by atoms with van der Waals surface area (Å²) < 4.78 is 8.53. The topological polar surface area (TPSA) is 103 Å². The van der Waals surface area contributed by atoms with E-state index in [1.54, 1.807) is 4.68 Å². The SMILES string of the molecule is CC(c1oc(=O)c2ccccc2c1-c1cccc([C@H]2CCCN2C)c1)n1nc(I)c2c(N)ncnc21. The summed E-state index contributed by atoms with van der Waals surface area (Å²) in [6, 6.07) is 16.2. The first-order valence-electron chi connectivity index (χ1n) is 11.9. The Hall–Kier alpha value is -3.31. The van der Waals surface area contributed by atoms with Crippen molar-refractivity contribution >= 4 is 50.2 Å². The molecule has 1 aliphatic rings. The van der Waals surface area contributed by atoms with E-state index in [1.807, 2.05) is 31.2 Å². The second kappa shape index (κ2) is 8.97. The van der Waals surface area contributed by atoms with Gasteiger partial charge >= 0.3 is 5.63 Å². The van der Waals surface area contributed by atoms with Gasteiger partial charge in [0.05, 0.1) is 10.8 Å². The quantitative estimate of drug-likeness (QED) is 0.288. The van der Waals surface area contributed by atoms with Gasteiger partial charge in [0.25, 0.3) is 0 Å². The second-order valence-electron chi connectivity index (χ2n) is 9.31. The molecule has 2 N–H and O–H groups in total. The molecule has 0 spiro atoms. The van der Waals surface area contributed by atoms with E-state index in [0.717, 1.165) is 29.5 Å². The third-order valence-electron chi connectivity index (χ3n) is 7.17. The van der Waals surface area contributed by atoms with Crippen LogP contribution in [-0.2, 0) is 0 Å². The Morgan fingerprint density at radius 2 is 1.94 bits per heavy atom. The normalized spacial score (nSPS) is 17.2. The van der Waals surface area contributed by atoms with E-state index in [-0.39, 0.29) is 5.63 Å². The minimum Gasteiger partial charge on any atom is -0.424 e. The molecule has 0 aliphatic carbocycles. The summed E-state index contributed by atoms with van der Waals surface area (Å²) in [4.78, 5) is 24.1. The van der Waals surface area contributed by atoms with Gasteiger partial charge in [-0.1, -0.05) is 36.4 Å². The summed E-state index contributed by atoms with van der Waals surface area (Å²) in [6.45, 7) is 3.06. The number of fused-ring (bicyclic) bond motifs is 2. The molecule has 1 saturated heterocycles. The van der Waals surface area contributed by atoms with E-state index >= 15 is 0 Å². The standard InChI is InChI=1S/C27H25IN6O2/c1-15(34-26-22(24(28)32-34)25(29)30-14-31-26)23-21(18-9-3-4-10-19(18)27(35)36-23)17-8-5-7-16(13-17)20-11-6-12-33(20)2/h3-5,7-10,13-15,20H,6,11-12H2,1-2H3,(H2,29,30,31)/t15?,20-/m1/s1. The maximum atomic E-state index is 13.1. The number of rotatable bonds is 4. The number of likely N-dealkylation sites (tertiary alicyclic amines) is 1. The summed E-state index contributed by atoms with van der Waals surface area (Å²) in [5.41, 5.74) is 9.52. The molecule has 1 unspecified atom stereocenters. The van der Waals surface area contributed by atoms with Crippen LogP contribution in [0.25, 0.3) is 32.9 Å². The number of aromatic nitrogens is 4. The minimum atomic E-state index is -0.421. The maximum Gasteiger partial charge on any atom is 0.343 e. The van der Waals surface area contributed by atoms with Gasteiger partial charge < -0.3 is 10.2 Å². The summed E-state index contributed by atoms with van der Waals surface area (Å²) in [6.07, 6.45) is 3.75. The predicted octanol–water partition coefficient (Wildman–Crippen LogP) is 5.16. The lowest BCUT2D eigenvalue weighted by molar-refractivity contribution is 0.317. The number of anilines is 1. The minimum absolute atomic E-state index is 0.372. The summed E-state index contributed by atoms with van der Waals surface area (Å²) in [5, 5.41) is 6.82. The third kappa shape index (κ3) is 3.68. The first-order valence-corrected chi connectivity index (χ1v) is 13.0. The highest BCUT2D eigenvalue weighted by Gasteiger charge is 2.27. The first-order chi connectivity index (χ1) is 17.4. The predicted molar refractivity (Wildman–Crippen MR) is 149 cm³/mol. The molecule has 5 aromatic rings. The highest BCUT2D eigenvalue weighted by molar-refractivity contribution is 14.1. The van der Waals surface area contributed by atoms with Crippen LogP contribution in [0.15, 0.2) is 64.1 Å². The van der Waals surface area contributed by atoms with Gasteiger partial charge in [0.15, 0.2) is 5.65 Å². The van der Waals surface area contributed by atoms with Gasteiger partial charge in [0.2, 0.25) is 0 Å². The molecule has 2 atom stereocenters. The van der Waals surface area contributed by atoms with Crippen LogP contribution in [0.2, 0.25) is 0 Å². The van der Waals surface area contributed by atoms with Crippen molar-refractivity contribution < 1.29 is 4.42 Å². The van der Waals surface area contributed by atoms with Gasteiger partial charge in [0.1, 0.15) is 27.6 Å². The maximum absolute atomic E-state index is 13.1. The zero-order chi connectivity index (χ0) is 25.0. The van der Waals surface area contributed by atoms with Gasteiger partial charge in [-0.15, -0.1) is 0 Å². The molecule has 4 heterocycles. The molecule has 182 valence electrons. The number of hydrogen-bond donors (Lipinski definition) is 1. The fraction of sp³-hybridized carbons (Fsp3) is 0.259. The molecular weight excluding hydrogens is 567 g/mol. The number of nitrogens with two attached hydrogens (primary N) is 1. The lowest BCUT2D eigenvalue weighted by Crippen LogP contribution is -2.17. The van der Waals surface area contributed by atoms with Crippen molar-refractivity contribution in [3.05, 3.63) is 80.3 Å². The van der Waals surface area contributed by atoms with Crippen molar-refractivity contribution in [2.45, 2.75) is 31.8 Å². The monoisotopic (exact) mass is 592 g/mol. The molecule has 0 bridgehead atoms. The molecular formula is C27H25IN6O2. The number of nitrogens with zero attached hydrogens (tertiary/aromatic N) is 5. The Morgan fingerprint density at radius 1 is 1.14 bits per heavy atom. The van der Waals surface area contributed by atoms with Gasteiger partial charge in [0, 0.05) is 17.0 Å². The third-order valence-corrected chi connectivity index (χ3v) is 7.92. The van der Waals surface area contributed by atoms with Crippen molar-refractivity contribution in [3.63, 3.8) is 0 Å². The molecule has 1 fully saturated rings. The van der Waals surface area contributed by atoms with Gasteiger partial charge in [-0.05, 0) is 79.2 Å². The molecule has 0 amide bonds. The van der Waals surface area contributed by atoms with E-state index in [9.17, 15) is 4.79 Å². The Bertz CT molecular complexity index is 1680. The Morgan fingerprint density at radius 3 is 2.72 bits per heavy atom. The smallest absolute Gasteiger partial charge is 0.343 e. The van der Waals surface area contributed by atoms with Crippen molar-refractivity contribution in [1.82, 2.24) is 24.6 Å². The zero-order valence-corrected chi connectivity index (χ0v) is 22.1. The molecule has 8 nitrogen and oxygen atoms in total. The lowest BCUT2D eigenvalue weighted by Gasteiger charge is -2.22. The van der Waals surface area contributed by atoms with Crippen LogP contribution in [0, 0.1) is 3.70 Å². The van der Waals surface area contributed by atoms with Crippen LogP contribution in [-0.4, -0.2) is 38.2 Å². The van der Waals surface area contributed by atoms with Crippen LogP contribution < -0.4 is 11.4 Å². The molecule has 9 heteroatoms. The van der Waals surface area contributed by atoms with Crippen molar-refractivity contribution in [2.75, 3.05) is 19.3 Å². The second-order valence-corrected chi connectivity index (χ2v) is 10.3. The molecule has 2 aromatic carbocycles. The average molecular weight is 592 g/mol. The lowest BCUT2D eigenvalue weighted by atomic mass is 9.93. The molecule has 3 aromatic heterocycles. The molecule has 0 radical (unpaired) electrons. The number of nitrogen functional groups attached to an aromatic ring is 1. The van der Waals surface area contributed by atoms with E-state index in [0.29, 0.717) is 37.7 Å². The molecule has 1 aliphatic heterocycles. The van der Waals surface area contributed by atoms with Crippen molar-refractivity contribution in [1.29, 1.82) is 0 Å². The average Bonchev–Trinajstić information content (AvgIpc) is 3.47. The summed E-state index contributed by atoms with van der Waals surface area (Å²) in [5.74, 6) is 0.907. The van der Waals surface area contributed by atoms with Crippen LogP contribution in [0.1, 0.15) is 43.2 Å². The van der Waals surface area contributed by atoms with E-state index in [4.69, 9.17) is 15.2 Å². The fourth-order valence-corrected chi connectivity index (χ4v) is 6.13. The number of halogens is 1. The van der Waals surface area contributed by atoms with Crippen LogP contribution in [0.3, 0.4) is 0 Å². The molecule has 0 saturated carbocycles. The van der Waals surface area contributed by atoms with Gasteiger partial charge in [-0.2, -0.15) is 5.10 Å². The van der Waals surface area contributed by atoms with Crippen LogP contribution >= 0.6 is 22.6 Å². The highest BCUT2D eigenvalue weighted by Crippen LogP contribution is 2.39. The first kappa shape index (κ1) is 23.1. The van der Waals surface area contributed by atoms with E-state index in [1.165, 1.54) is 18.3 Å². The van der Waals surface area contributed by atoms with Gasteiger partial charge in [-0.25, -0.2) is 19.4 Å². The zero-order valence-electron chi connectivity index (χ0n) is 20.0. The Labute approximate surface area is 221 Å². The fourth-order valence-electron chi connectivity index (χ4n) is 5.38. The highest BCUT2D eigenvalue weighted by atomic mass is 127. The number of hydrogen-bond acceptors (Lipinski definition) is 7. The van der Waals surface area contributed by atoms with Crippen LogP contribution in [0.4, 0.5) is 5.82 Å². The van der Waals surface area contributed by atoms with Crippen molar-refractivity contribution in [2.24, 2.45) is 0 Å². The molecule has 6 rings (SSSR count). The van der Waals surface area contributed by atoms with E-state index < -0.39 is 6.04 Å². The summed E-state index contributed by atoms with van der Waals surface area (Å²) in [7, 11) is 2.17. The number of benzene rings is 2.